The molecular formula is C22H27ClN2O3S. The molecule has 3 N–H and O–H groups in total. The van der Waals surface area contributed by atoms with E-state index in [1.54, 1.807) is 23.5 Å². The Morgan fingerprint density at radius 3 is 2.76 bits per heavy atom. The van der Waals surface area contributed by atoms with Crippen LogP contribution in [0.5, 0.6) is 11.5 Å². The highest BCUT2D eigenvalue weighted by atomic mass is 35.5. The summed E-state index contributed by atoms with van der Waals surface area (Å²) in [5.74, 6) is 0.798. The molecule has 5 nitrogen and oxygen atoms in total. The van der Waals surface area contributed by atoms with Crippen molar-refractivity contribution in [2.24, 2.45) is 11.3 Å². The molecule has 2 heterocycles. The molecule has 2 aromatic rings. The zero-order valence-corrected chi connectivity index (χ0v) is 18.8. The first-order valence-electron chi connectivity index (χ1n) is 10.1. The van der Waals surface area contributed by atoms with Gasteiger partial charge in [0.2, 0.25) is 0 Å². The second-order valence-corrected chi connectivity index (χ2v) is 10.4. The van der Waals surface area contributed by atoms with E-state index in [2.05, 4.69) is 31.4 Å². The molecule has 156 valence electrons. The molecule has 1 amide bonds. The van der Waals surface area contributed by atoms with Gasteiger partial charge in [-0.1, -0.05) is 32.4 Å². The molecule has 1 aromatic heterocycles. The Bertz CT molecular complexity index is 964. The SMILES string of the molecule is CCOc1cc([C@@H]2NC(=O)c3c(sc4c3CC[C@@H](C(C)(C)C)C4)N2)cc(Cl)c1O. The minimum absolute atomic E-state index is 0.0578. The van der Waals surface area contributed by atoms with Crippen LogP contribution in [0, 0.1) is 11.3 Å². The first-order chi connectivity index (χ1) is 13.7. The van der Waals surface area contributed by atoms with Crippen molar-refractivity contribution in [2.45, 2.75) is 53.1 Å². The Labute approximate surface area is 180 Å². The third-order valence-corrected chi connectivity index (χ3v) is 7.43. The summed E-state index contributed by atoms with van der Waals surface area (Å²) in [7, 11) is 0. The number of anilines is 1. The van der Waals surface area contributed by atoms with Crippen molar-refractivity contribution >= 4 is 33.8 Å². The molecule has 29 heavy (non-hydrogen) atoms. The van der Waals surface area contributed by atoms with E-state index in [1.807, 2.05) is 6.92 Å². The number of carbonyl (C=O) groups is 1. The predicted octanol–water partition coefficient (Wildman–Crippen LogP) is 5.51. The number of thiophene rings is 1. The summed E-state index contributed by atoms with van der Waals surface area (Å²) in [6, 6.07) is 3.38. The van der Waals surface area contributed by atoms with E-state index < -0.39 is 6.17 Å². The van der Waals surface area contributed by atoms with Gasteiger partial charge < -0.3 is 20.5 Å². The monoisotopic (exact) mass is 434 g/mol. The number of ether oxygens (including phenoxy) is 1. The molecule has 1 aliphatic heterocycles. The molecule has 0 bridgehead atoms. The Balaban J connectivity index is 1.65. The summed E-state index contributed by atoms with van der Waals surface area (Å²) in [5.41, 5.74) is 3.00. The Morgan fingerprint density at radius 2 is 2.07 bits per heavy atom. The van der Waals surface area contributed by atoms with Gasteiger partial charge in [-0.15, -0.1) is 11.3 Å². The Morgan fingerprint density at radius 1 is 1.31 bits per heavy atom. The first kappa shape index (κ1) is 20.4. The van der Waals surface area contributed by atoms with Crippen LogP contribution in [0.25, 0.3) is 0 Å². The van der Waals surface area contributed by atoms with Gasteiger partial charge in [-0.05, 0) is 60.8 Å². The van der Waals surface area contributed by atoms with Gasteiger partial charge in [0.1, 0.15) is 11.2 Å². The van der Waals surface area contributed by atoms with Crippen LogP contribution in [0.1, 0.15) is 66.6 Å². The molecule has 2 aliphatic rings. The van der Waals surface area contributed by atoms with Gasteiger partial charge in [-0.25, -0.2) is 0 Å². The molecule has 0 fully saturated rings. The molecule has 0 saturated carbocycles. The highest BCUT2D eigenvalue weighted by Crippen LogP contribution is 2.46. The topological polar surface area (TPSA) is 70.6 Å². The standard InChI is InChI=1S/C22H27ClN2O3S/c1-5-28-15-9-11(8-14(23)18(15)26)19-24-20(27)17-13-7-6-12(22(2,3)4)10-16(13)29-21(17)25-19/h8-9,12,19,25-26H,5-7,10H2,1-4H3,(H,24,27)/t12-,19-/m1/s1. The van der Waals surface area contributed by atoms with Gasteiger partial charge in [0.15, 0.2) is 11.5 Å². The highest BCUT2D eigenvalue weighted by Gasteiger charge is 2.36. The van der Waals surface area contributed by atoms with Gasteiger partial charge in [0.05, 0.1) is 17.2 Å². The molecular weight excluding hydrogens is 408 g/mol. The summed E-state index contributed by atoms with van der Waals surface area (Å²) < 4.78 is 5.48. The number of hydrogen-bond acceptors (Lipinski definition) is 5. The van der Waals surface area contributed by atoms with E-state index in [1.165, 1.54) is 10.4 Å². The zero-order chi connectivity index (χ0) is 20.9. The number of phenolic OH excluding ortho intramolecular Hbond substituents is 1. The number of benzene rings is 1. The van der Waals surface area contributed by atoms with E-state index >= 15 is 0 Å². The maximum Gasteiger partial charge on any atom is 0.256 e. The number of halogens is 1. The summed E-state index contributed by atoms with van der Waals surface area (Å²) in [4.78, 5) is 14.3. The summed E-state index contributed by atoms with van der Waals surface area (Å²) in [5, 5.41) is 17.7. The molecule has 2 atom stereocenters. The van der Waals surface area contributed by atoms with E-state index in [0.29, 0.717) is 18.3 Å². The van der Waals surface area contributed by atoms with Crippen LogP contribution in [-0.2, 0) is 12.8 Å². The molecule has 4 rings (SSSR count). The normalized spacial score (nSPS) is 21.1. The van der Waals surface area contributed by atoms with Gasteiger partial charge >= 0.3 is 0 Å². The van der Waals surface area contributed by atoms with Crippen LogP contribution in [0.4, 0.5) is 5.00 Å². The van der Waals surface area contributed by atoms with Crippen LogP contribution >= 0.6 is 22.9 Å². The van der Waals surface area contributed by atoms with E-state index in [4.69, 9.17) is 16.3 Å². The van der Waals surface area contributed by atoms with Gasteiger partial charge in [-0.2, -0.15) is 0 Å². The number of rotatable bonds is 3. The number of aromatic hydroxyl groups is 1. The highest BCUT2D eigenvalue weighted by molar-refractivity contribution is 7.16. The molecule has 1 aromatic carbocycles. The van der Waals surface area contributed by atoms with Crippen LogP contribution < -0.4 is 15.4 Å². The second-order valence-electron chi connectivity index (χ2n) is 8.85. The van der Waals surface area contributed by atoms with Crippen LogP contribution in [-0.4, -0.2) is 17.6 Å². The van der Waals surface area contributed by atoms with Crippen molar-refractivity contribution in [1.29, 1.82) is 0 Å². The van der Waals surface area contributed by atoms with Crippen molar-refractivity contribution in [3.63, 3.8) is 0 Å². The lowest BCUT2D eigenvalue weighted by atomic mass is 9.72. The molecule has 0 radical (unpaired) electrons. The third kappa shape index (κ3) is 3.68. The molecule has 0 spiro atoms. The van der Waals surface area contributed by atoms with Gasteiger partial charge in [-0.3, -0.25) is 4.79 Å². The van der Waals surface area contributed by atoms with Gasteiger partial charge in [0, 0.05) is 4.88 Å². The smallest absolute Gasteiger partial charge is 0.256 e. The average Bonchev–Trinajstić information content (AvgIpc) is 3.02. The minimum atomic E-state index is -0.425. The lowest BCUT2D eigenvalue weighted by Gasteiger charge is -2.34. The summed E-state index contributed by atoms with van der Waals surface area (Å²) in [6.07, 6.45) is 2.66. The predicted molar refractivity (Wildman–Crippen MR) is 117 cm³/mol. The summed E-state index contributed by atoms with van der Waals surface area (Å²) >= 11 is 7.88. The van der Waals surface area contributed by atoms with Crippen molar-refractivity contribution < 1.29 is 14.6 Å². The number of amides is 1. The average molecular weight is 435 g/mol. The lowest BCUT2D eigenvalue weighted by molar-refractivity contribution is 0.0934. The Kier molecular flexibility index (Phi) is 5.20. The number of phenols is 1. The third-order valence-electron chi connectivity index (χ3n) is 5.95. The summed E-state index contributed by atoms with van der Waals surface area (Å²) in [6.45, 7) is 9.13. The fraction of sp³-hybridized carbons (Fsp3) is 0.500. The minimum Gasteiger partial charge on any atom is -0.503 e. The fourth-order valence-corrected chi connectivity index (χ4v) is 5.80. The molecule has 0 saturated heterocycles. The van der Waals surface area contributed by atoms with Crippen LogP contribution in [0.2, 0.25) is 5.02 Å². The Hall–Kier alpha value is -1.92. The van der Waals surface area contributed by atoms with Crippen molar-refractivity contribution in [2.75, 3.05) is 11.9 Å². The maximum atomic E-state index is 13.0. The van der Waals surface area contributed by atoms with E-state index in [9.17, 15) is 9.90 Å². The first-order valence-corrected chi connectivity index (χ1v) is 11.3. The number of hydrogen-bond donors (Lipinski definition) is 3. The van der Waals surface area contributed by atoms with E-state index in [-0.39, 0.29) is 22.1 Å². The van der Waals surface area contributed by atoms with Crippen LogP contribution in [0.3, 0.4) is 0 Å². The number of fused-ring (bicyclic) bond motifs is 3. The molecule has 0 unspecified atom stereocenters. The molecule has 1 aliphatic carbocycles. The molecule has 7 heteroatoms. The number of nitrogens with one attached hydrogen (secondary N) is 2. The maximum absolute atomic E-state index is 13.0. The number of carbonyl (C=O) groups excluding carboxylic acids is 1. The quantitative estimate of drug-likeness (QED) is 0.595. The van der Waals surface area contributed by atoms with Crippen molar-refractivity contribution in [1.82, 2.24) is 5.32 Å². The van der Waals surface area contributed by atoms with E-state index in [0.717, 1.165) is 35.4 Å². The second kappa shape index (κ2) is 7.40. The lowest BCUT2D eigenvalue weighted by Crippen LogP contribution is -2.38. The van der Waals surface area contributed by atoms with Crippen LogP contribution in [0.15, 0.2) is 12.1 Å². The largest absolute Gasteiger partial charge is 0.503 e. The van der Waals surface area contributed by atoms with Crippen molar-refractivity contribution in [3.8, 4) is 11.5 Å². The van der Waals surface area contributed by atoms with Crippen molar-refractivity contribution in [3.05, 3.63) is 38.7 Å². The zero-order valence-electron chi connectivity index (χ0n) is 17.2. The fourth-order valence-electron chi connectivity index (χ4n) is 4.23. The van der Waals surface area contributed by atoms with Gasteiger partial charge in [0.25, 0.3) is 5.91 Å².